The number of benzene rings is 2. The molecule has 8 rings (SSSR count). The van der Waals surface area contributed by atoms with Crippen LogP contribution in [0.3, 0.4) is 0 Å². The van der Waals surface area contributed by atoms with E-state index in [0.29, 0.717) is 59.3 Å². The Balaban J connectivity index is 0.863. The number of anilines is 3. The Hall–Kier alpha value is -5.48. The van der Waals surface area contributed by atoms with Gasteiger partial charge in [0.05, 0.1) is 22.9 Å². The van der Waals surface area contributed by atoms with Crippen LogP contribution in [0.25, 0.3) is 0 Å². The van der Waals surface area contributed by atoms with E-state index in [9.17, 15) is 37.5 Å². The van der Waals surface area contributed by atoms with Crippen LogP contribution in [0, 0.1) is 0 Å². The van der Waals surface area contributed by atoms with Crippen molar-refractivity contribution in [3.05, 3.63) is 82.0 Å². The third kappa shape index (κ3) is 6.63. The van der Waals surface area contributed by atoms with E-state index in [-0.39, 0.29) is 74.7 Å². The molecule has 2 atom stereocenters. The Kier molecular flexibility index (Phi) is 9.95. The van der Waals surface area contributed by atoms with Crippen molar-refractivity contribution < 1.29 is 42.3 Å². The summed E-state index contributed by atoms with van der Waals surface area (Å²) < 4.78 is 34.1. The van der Waals surface area contributed by atoms with Crippen molar-refractivity contribution in [1.82, 2.24) is 20.1 Å². The molecule has 2 unspecified atom stereocenters. The fourth-order valence-electron chi connectivity index (χ4n) is 8.59. The van der Waals surface area contributed by atoms with E-state index in [1.165, 1.54) is 11.1 Å². The Morgan fingerprint density at radius 3 is 2.52 bits per heavy atom. The molecule has 56 heavy (non-hydrogen) atoms. The quantitative estimate of drug-likeness (QED) is 0.308. The van der Waals surface area contributed by atoms with Crippen LogP contribution in [-0.4, -0.2) is 115 Å². The van der Waals surface area contributed by atoms with Crippen molar-refractivity contribution in [2.24, 2.45) is 0 Å². The lowest BCUT2D eigenvalue weighted by molar-refractivity contribution is -0.142. The lowest BCUT2D eigenvalue weighted by Gasteiger charge is -2.36. The topological polar surface area (TPSA) is 162 Å². The van der Waals surface area contributed by atoms with E-state index in [0.717, 1.165) is 4.90 Å². The number of piperazine rings is 1. The SMILES string of the molecule is O=C1CCC(N2C(=O)c3cccc(N4CCC(OCC(=O)N5CCN(c6cccc(C7(CC(F)F)CNc8nccc(Cl)c87)c6)C(=O)C5)CC4)c3C2=O)C(=O)N1. The molecular weight excluding hydrogens is 752 g/mol. The molecule has 292 valence electrons. The first kappa shape index (κ1) is 37.4. The first-order chi connectivity index (χ1) is 26.9. The molecule has 0 spiro atoms. The van der Waals surface area contributed by atoms with Crippen LogP contribution in [0.2, 0.25) is 5.02 Å². The van der Waals surface area contributed by atoms with Crippen molar-refractivity contribution in [2.45, 2.75) is 56.1 Å². The summed E-state index contributed by atoms with van der Waals surface area (Å²) in [7, 11) is 0. The number of carbonyl (C=O) groups is 6. The number of nitrogens with zero attached hydrogens (tertiary/aromatic N) is 5. The zero-order valence-corrected chi connectivity index (χ0v) is 30.9. The number of piperidine rings is 2. The Bertz CT molecular complexity index is 2150. The normalized spacial score (nSPS) is 22.8. The van der Waals surface area contributed by atoms with Gasteiger partial charge in [0.2, 0.25) is 30.1 Å². The molecule has 0 aliphatic carbocycles. The number of hydrogen-bond acceptors (Lipinski definition) is 10. The fraction of sp³-hybridized carbons (Fsp3) is 0.410. The van der Waals surface area contributed by atoms with E-state index in [1.807, 2.05) is 4.90 Å². The molecule has 6 amide bonds. The van der Waals surface area contributed by atoms with Gasteiger partial charge in [-0.1, -0.05) is 29.8 Å². The second-order valence-electron chi connectivity index (χ2n) is 14.6. The van der Waals surface area contributed by atoms with Crippen molar-refractivity contribution in [1.29, 1.82) is 0 Å². The van der Waals surface area contributed by atoms with Crippen LogP contribution in [0.15, 0.2) is 54.7 Å². The standard InChI is InChI=1S/C39H38ClF2N7O7/c40-26-9-12-43-35-34(26)39(21-44-35,18-29(41)42)22-3-1-4-23(17-22)48-16-15-47(19-31(48)51)32(52)20-56-24-10-13-46(14-11-24)27-6-2-5-25-33(27)38(55)49(37(25)54)28-7-8-30(50)45-36(28)53/h1-6,9,12,17,24,28-29H,7-8,10-11,13-16,18-21H2,(H,43,44)(H,45,50,53). The Morgan fingerprint density at radius 2 is 1.77 bits per heavy atom. The average Bonchev–Trinajstić information content (AvgIpc) is 3.69. The highest BCUT2D eigenvalue weighted by Gasteiger charge is 2.47. The van der Waals surface area contributed by atoms with Crippen molar-refractivity contribution in [3.8, 4) is 0 Å². The lowest BCUT2D eigenvalue weighted by Crippen LogP contribution is -2.54. The molecule has 6 heterocycles. The van der Waals surface area contributed by atoms with Gasteiger partial charge in [-0.05, 0) is 55.2 Å². The van der Waals surface area contributed by atoms with Crippen LogP contribution in [-0.2, 0) is 29.3 Å². The first-order valence-corrected chi connectivity index (χ1v) is 18.9. The molecule has 14 nitrogen and oxygen atoms in total. The molecule has 5 aliphatic heterocycles. The maximum atomic E-state index is 14.1. The molecule has 0 bridgehead atoms. The van der Waals surface area contributed by atoms with Gasteiger partial charge in [-0.25, -0.2) is 13.8 Å². The summed E-state index contributed by atoms with van der Waals surface area (Å²) in [5.41, 5.74) is 1.45. The summed E-state index contributed by atoms with van der Waals surface area (Å²) in [5.74, 6) is -2.45. The number of rotatable bonds is 9. The molecule has 5 aliphatic rings. The van der Waals surface area contributed by atoms with Gasteiger partial charge < -0.3 is 24.8 Å². The van der Waals surface area contributed by atoms with Crippen LogP contribution in [0.4, 0.5) is 26.0 Å². The third-order valence-corrected chi connectivity index (χ3v) is 11.7. The Morgan fingerprint density at radius 1 is 0.982 bits per heavy atom. The van der Waals surface area contributed by atoms with Gasteiger partial charge in [-0.2, -0.15) is 0 Å². The number of alkyl halides is 2. The van der Waals surface area contributed by atoms with Gasteiger partial charge in [0.15, 0.2) is 0 Å². The summed E-state index contributed by atoms with van der Waals surface area (Å²) in [5, 5.41) is 5.66. The van der Waals surface area contributed by atoms with Crippen LogP contribution < -0.4 is 20.4 Å². The summed E-state index contributed by atoms with van der Waals surface area (Å²) in [6, 6.07) is 12.5. The highest BCUT2D eigenvalue weighted by molar-refractivity contribution is 6.32. The molecule has 3 fully saturated rings. The summed E-state index contributed by atoms with van der Waals surface area (Å²) in [4.78, 5) is 87.9. The molecule has 3 aromatic rings. The van der Waals surface area contributed by atoms with Crippen LogP contribution in [0.1, 0.15) is 63.9 Å². The lowest BCUT2D eigenvalue weighted by atomic mass is 9.74. The van der Waals surface area contributed by atoms with Gasteiger partial charge in [0.1, 0.15) is 25.0 Å². The predicted molar refractivity (Wildman–Crippen MR) is 199 cm³/mol. The number of imide groups is 2. The Labute approximate surface area is 325 Å². The van der Waals surface area contributed by atoms with E-state index < -0.39 is 47.9 Å². The number of ether oxygens (including phenoxy) is 1. The summed E-state index contributed by atoms with van der Waals surface area (Å²) >= 11 is 6.53. The minimum atomic E-state index is -2.63. The summed E-state index contributed by atoms with van der Waals surface area (Å²) in [6.07, 6.45) is -0.690. The van der Waals surface area contributed by atoms with Crippen molar-refractivity contribution in [3.63, 3.8) is 0 Å². The van der Waals surface area contributed by atoms with E-state index in [1.54, 1.807) is 53.4 Å². The van der Waals surface area contributed by atoms with Gasteiger partial charge in [-0.15, -0.1) is 0 Å². The maximum absolute atomic E-state index is 14.1. The van der Waals surface area contributed by atoms with Crippen LogP contribution >= 0.6 is 11.6 Å². The zero-order valence-electron chi connectivity index (χ0n) is 30.1. The van der Waals surface area contributed by atoms with Gasteiger partial charge in [0.25, 0.3) is 11.8 Å². The summed E-state index contributed by atoms with van der Waals surface area (Å²) in [6.45, 7) is 1.19. The van der Waals surface area contributed by atoms with Crippen LogP contribution in [0.5, 0.6) is 0 Å². The molecule has 17 heteroatoms. The monoisotopic (exact) mass is 789 g/mol. The number of halogens is 3. The van der Waals surface area contributed by atoms with Crippen molar-refractivity contribution >= 4 is 64.2 Å². The fourth-order valence-corrected chi connectivity index (χ4v) is 8.91. The van der Waals surface area contributed by atoms with Gasteiger partial charge >= 0.3 is 0 Å². The van der Waals surface area contributed by atoms with E-state index >= 15 is 0 Å². The van der Waals surface area contributed by atoms with Crippen molar-refractivity contribution in [2.75, 3.05) is 61.0 Å². The molecule has 1 aromatic heterocycles. The largest absolute Gasteiger partial charge is 0.371 e. The number of fused-ring (bicyclic) bond motifs is 2. The minimum absolute atomic E-state index is 0.0324. The highest BCUT2D eigenvalue weighted by atomic mass is 35.5. The number of aromatic nitrogens is 1. The minimum Gasteiger partial charge on any atom is -0.371 e. The number of carbonyl (C=O) groups excluding carboxylic acids is 6. The number of amides is 6. The van der Waals surface area contributed by atoms with Gasteiger partial charge in [0, 0.05) is 73.5 Å². The molecule has 0 radical (unpaired) electrons. The van der Waals surface area contributed by atoms with Gasteiger partial charge in [-0.3, -0.25) is 39.0 Å². The number of nitrogens with one attached hydrogen (secondary N) is 2. The molecule has 0 saturated carbocycles. The second-order valence-corrected chi connectivity index (χ2v) is 15.0. The molecule has 2 N–H and O–H groups in total. The maximum Gasteiger partial charge on any atom is 0.264 e. The molecule has 3 saturated heterocycles. The zero-order chi connectivity index (χ0) is 39.3. The highest BCUT2D eigenvalue weighted by Crippen LogP contribution is 2.48. The average molecular weight is 790 g/mol. The van der Waals surface area contributed by atoms with E-state index in [4.69, 9.17) is 16.3 Å². The molecular formula is C39H38ClF2N7O7. The first-order valence-electron chi connectivity index (χ1n) is 18.5. The smallest absolute Gasteiger partial charge is 0.264 e. The van der Waals surface area contributed by atoms with E-state index in [2.05, 4.69) is 15.6 Å². The second kappa shape index (κ2) is 14.9. The number of pyridine rings is 1. The predicted octanol–water partition coefficient (Wildman–Crippen LogP) is 3.36. The third-order valence-electron chi connectivity index (χ3n) is 11.4. The number of hydrogen-bond donors (Lipinski definition) is 2. The molecule has 2 aromatic carbocycles.